The molecule has 0 aliphatic rings. The first-order valence-electron chi connectivity index (χ1n) is 11.7. The summed E-state index contributed by atoms with van der Waals surface area (Å²) in [6.07, 6.45) is -2.98. The summed E-state index contributed by atoms with van der Waals surface area (Å²) in [5, 5.41) is 0. The van der Waals surface area contributed by atoms with Crippen LogP contribution in [0.2, 0.25) is 0 Å². The molecule has 4 nitrogen and oxygen atoms in total. The van der Waals surface area contributed by atoms with Crippen LogP contribution in [-0.2, 0) is 11.0 Å². The zero-order valence-electron chi connectivity index (χ0n) is 20.4. The third-order valence-electron chi connectivity index (χ3n) is 5.40. The molecule has 186 valence electrons. The van der Waals surface area contributed by atoms with Gasteiger partial charge in [0.15, 0.2) is 0 Å². The van der Waals surface area contributed by atoms with Crippen LogP contribution in [0.4, 0.5) is 13.2 Å². The largest absolute Gasteiger partial charge is 0.484 e. The number of alkyl halides is 3. The summed E-state index contributed by atoms with van der Waals surface area (Å²) >= 11 is 0. The molecule has 0 saturated carbocycles. The van der Waals surface area contributed by atoms with Gasteiger partial charge < -0.3 is 9.47 Å². The number of carbonyl (C=O) groups is 1. The number of hydrogen-bond acceptors (Lipinski definition) is 4. The lowest BCUT2D eigenvalue weighted by molar-refractivity contribution is -0.137. The summed E-state index contributed by atoms with van der Waals surface area (Å²) in [6.45, 7) is 7.93. The summed E-state index contributed by atoms with van der Waals surface area (Å²) in [6, 6.07) is 15.7. The maximum Gasteiger partial charge on any atom is 0.416 e. The van der Waals surface area contributed by atoms with E-state index in [4.69, 9.17) is 14.5 Å². The van der Waals surface area contributed by atoms with E-state index in [1.807, 2.05) is 32.0 Å². The van der Waals surface area contributed by atoms with E-state index in [-0.39, 0.29) is 12.1 Å². The van der Waals surface area contributed by atoms with Crippen LogP contribution in [0.3, 0.4) is 0 Å². The lowest BCUT2D eigenvalue weighted by Gasteiger charge is -2.22. The van der Waals surface area contributed by atoms with E-state index < -0.39 is 11.7 Å². The topological polar surface area (TPSA) is 48.4 Å². The Morgan fingerprint density at radius 2 is 1.74 bits per heavy atom. The number of pyridine rings is 1. The third kappa shape index (κ3) is 7.31. The Balaban J connectivity index is 1.84. The van der Waals surface area contributed by atoms with E-state index in [2.05, 4.69) is 13.8 Å². The second-order valence-corrected chi connectivity index (χ2v) is 8.91. The molecule has 0 bridgehead atoms. The summed E-state index contributed by atoms with van der Waals surface area (Å²) in [5.74, 6) is 1.15. The fourth-order valence-corrected chi connectivity index (χ4v) is 3.63. The smallest absolute Gasteiger partial charge is 0.416 e. The van der Waals surface area contributed by atoms with Crippen molar-refractivity contribution in [1.82, 2.24) is 4.98 Å². The quantitative estimate of drug-likeness (QED) is 0.228. The summed E-state index contributed by atoms with van der Waals surface area (Å²) < 4.78 is 50.5. The first-order valence-corrected chi connectivity index (χ1v) is 11.7. The number of halogens is 3. The van der Waals surface area contributed by atoms with Crippen LogP contribution >= 0.6 is 0 Å². The standard InChI is InChI=1S/C28H30F3NO3/c1-5-7-27(33)35-25-15-14-22(17-19(25)4)34-26(16-18(2)3)24-9-6-8-23(32-24)20-10-12-21(13-11-20)28(29,30)31/h6,8-15,17-18,26H,5,7,16H2,1-4H3. The van der Waals surface area contributed by atoms with Gasteiger partial charge in [-0.2, -0.15) is 13.2 Å². The number of ether oxygens (including phenoxy) is 2. The fourth-order valence-electron chi connectivity index (χ4n) is 3.63. The number of nitrogens with zero attached hydrogens (tertiary/aromatic N) is 1. The molecule has 0 N–H and O–H groups in total. The zero-order valence-corrected chi connectivity index (χ0v) is 20.4. The molecule has 0 saturated heterocycles. The van der Waals surface area contributed by atoms with Crippen LogP contribution in [0.25, 0.3) is 11.3 Å². The number of esters is 1. The van der Waals surface area contributed by atoms with Gasteiger partial charge in [-0.1, -0.05) is 39.0 Å². The molecule has 0 fully saturated rings. The molecule has 0 aliphatic heterocycles. The number of benzene rings is 2. The van der Waals surface area contributed by atoms with E-state index in [9.17, 15) is 18.0 Å². The Morgan fingerprint density at radius 1 is 1.03 bits per heavy atom. The molecule has 7 heteroatoms. The van der Waals surface area contributed by atoms with Crippen molar-refractivity contribution in [3.8, 4) is 22.8 Å². The molecule has 1 heterocycles. The molecule has 0 spiro atoms. The van der Waals surface area contributed by atoms with Crippen LogP contribution in [0.1, 0.15) is 63.0 Å². The van der Waals surface area contributed by atoms with E-state index in [1.54, 1.807) is 18.2 Å². The Kier molecular flexibility index (Phi) is 8.54. The summed E-state index contributed by atoms with van der Waals surface area (Å²) in [5.41, 5.74) is 1.94. The van der Waals surface area contributed by atoms with Crippen LogP contribution < -0.4 is 9.47 Å². The highest BCUT2D eigenvalue weighted by atomic mass is 19.4. The van der Waals surface area contributed by atoms with Gasteiger partial charge in [0, 0.05) is 12.0 Å². The van der Waals surface area contributed by atoms with Crippen LogP contribution in [0.5, 0.6) is 11.5 Å². The normalized spacial score (nSPS) is 12.5. The highest BCUT2D eigenvalue weighted by Gasteiger charge is 2.30. The van der Waals surface area contributed by atoms with Crippen molar-refractivity contribution in [2.45, 2.75) is 59.2 Å². The fraction of sp³-hybridized carbons (Fsp3) is 0.357. The van der Waals surface area contributed by atoms with E-state index in [0.29, 0.717) is 53.6 Å². The average molecular weight is 486 g/mol. The molecule has 35 heavy (non-hydrogen) atoms. The number of rotatable bonds is 9. The van der Waals surface area contributed by atoms with Gasteiger partial charge in [0.05, 0.1) is 17.0 Å². The Bertz CT molecular complexity index is 1140. The number of aryl methyl sites for hydroxylation is 1. The van der Waals surface area contributed by atoms with E-state index >= 15 is 0 Å². The molecule has 0 radical (unpaired) electrons. The molecule has 0 amide bonds. The molecule has 2 aromatic carbocycles. The maximum absolute atomic E-state index is 12.9. The highest BCUT2D eigenvalue weighted by Crippen LogP contribution is 2.33. The third-order valence-corrected chi connectivity index (χ3v) is 5.40. The lowest BCUT2D eigenvalue weighted by atomic mass is 10.0. The highest BCUT2D eigenvalue weighted by molar-refractivity contribution is 5.72. The van der Waals surface area contributed by atoms with Gasteiger partial charge in [-0.25, -0.2) is 4.98 Å². The SMILES string of the molecule is CCCC(=O)Oc1ccc(OC(CC(C)C)c2cccc(-c3ccc(C(F)(F)F)cc3)n2)cc1C. The molecular formula is C28H30F3NO3. The van der Waals surface area contributed by atoms with Crippen molar-refractivity contribution in [2.75, 3.05) is 0 Å². The number of carbonyl (C=O) groups excluding carboxylic acids is 1. The van der Waals surface area contributed by atoms with E-state index in [0.717, 1.165) is 17.7 Å². The Hall–Kier alpha value is -3.35. The van der Waals surface area contributed by atoms with Crippen molar-refractivity contribution in [3.63, 3.8) is 0 Å². The lowest BCUT2D eigenvalue weighted by Crippen LogP contribution is -2.13. The van der Waals surface area contributed by atoms with Gasteiger partial charge in [0.2, 0.25) is 0 Å². The van der Waals surface area contributed by atoms with Crippen LogP contribution in [0, 0.1) is 12.8 Å². The van der Waals surface area contributed by atoms with Crippen molar-refractivity contribution in [1.29, 1.82) is 0 Å². The van der Waals surface area contributed by atoms with Crippen molar-refractivity contribution in [3.05, 3.63) is 77.5 Å². The maximum atomic E-state index is 12.9. The second-order valence-electron chi connectivity index (χ2n) is 8.91. The summed E-state index contributed by atoms with van der Waals surface area (Å²) in [7, 11) is 0. The predicted octanol–water partition coefficient (Wildman–Crippen LogP) is 7.95. The molecule has 1 aromatic heterocycles. The van der Waals surface area contributed by atoms with Gasteiger partial charge in [0.25, 0.3) is 0 Å². The minimum atomic E-state index is -4.38. The van der Waals surface area contributed by atoms with Gasteiger partial charge in [0.1, 0.15) is 17.6 Å². The molecule has 3 aromatic rings. The Morgan fingerprint density at radius 3 is 2.34 bits per heavy atom. The average Bonchev–Trinajstić information content (AvgIpc) is 2.80. The van der Waals surface area contributed by atoms with Crippen LogP contribution in [-0.4, -0.2) is 11.0 Å². The minimum absolute atomic E-state index is 0.272. The monoisotopic (exact) mass is 485 g/mol. The van der Waals surface area contributed by atoms with Gasteiger partial charge in [-0.05, 0) is 73.7 Å². The van der Waals surface area contributed by atoms with Gasteiger partial charge in [-0.15, -0.1) is 0 Å². The van der Waals surface area contributed by atoms with Gasteiger partial charge >= 0.3 is 12.1 Å². The molecule has 1 unspecified atom stereocenters. The second kappa shape index (κ2) is 11.4. The van der Waals surface area contributed by atoms with Crippen molar-refractivity contribution in [2.24, 2.45) is 5.92 Å². The minimum Gasteiger partial charge on any atom is -0.484 e. The molecular weight excluding hydrogens is 455 g/mol. The van der Waals surface area contributed by atoms with Crippen LogP contribution in [0.15, 0.2) is 60.7 Å². The predicted molar refractivity (Wildman–Crippen MR) is 129 cm³/mol. The van der Waals surface area contributed by atoms with E-state index in [1.165, 1.54) is 12.1 Å². The number of aromatic nitrogens is 1. The van der Waals surface area contributed by atoms with Crippen molar-refractivity contribution < 1.29 is 27.4 Å². The molecule has 3 rings (SSSR count). The van der Waals surface area contributed by atoms with Crippen molar-refractivity contribution >= 4 is 5.97 Å². The summed E-state index contributed by atoms with van der Waals surface area (Å²) in [4.78, 5) is 16.5. The first kappa shape index (κ1) is 26.3. The van der Waals surface area contributed by atoms with Gasteiger partial charge in [-0.3, -0.25) is 4.79 Å². The number of hydrogen-bond donors (Lipinski definition) is 0. The molecule has 1 atom stereocenters. The Labute approximate surface area is 204 Å². The first-order chi connectivity index (χ1) is 16.6. The zero-order chi connectivity index (χ0) is 25.6. The molecule has 0 aliphatic carbocycles.